The first-order valence-corrected chi connectivity index (χ1v) is 22.9. The molecule has 1 saturated heterocycles. The fraction of sp³-hybridized carbons (Fsp3) is 0.327. The van der Waals surface area contributed by atoms with Crippen LogP contribution in [0.3, 0.4) is 0 Å². The largest absolute Gasteiger partial charge is 0.379 e. The van der Waals surface area contributed by atoms with Gasteiger partial charge >= 0.3 is 11.8 Å². The van der Waals surface area contributed by atoms with Crippen molar-refractivity contribution in [3.63, 3.8) is 0 Å². The number of morpholine rings is 1. The summed E-state index contributed by atoms with van der Waals surface area (Å²) in [7, 11) is 0. The maximum atomic E-state index is 15.2. The highest BCUT2D eigenvalue weighted by atomic mass is 19.1. The molecule has 0 bridgehead atoms. The number of halogens is 2. The molecule has 1 amide bonds. The van der Waals surface area contributed by atoms with Crippen LogP contribution in [0.15, 0.2) is 90.2 Å². The van der Waals surface area contributed by atoms with E-state index in [1.54, 1.807) is 36.8 Å². The number of H-pyrrole nitrogens is 2. The predicted molar refractivity (Wildman–Crippen MR) is 253 cm³/mol. The monoisotopic (exact) mass is 935 g/mol. The number of hydrogen-bond donors (Lipinski definition) is 4. The number of ether oxygens (including phenoxy) is 1. The third-order valence-corrected chi connectivity index (χ3v) is 12.4. The number of amides is 1. The van der Waals surface area contributed by atoms with Crippen LogP contribution < -0.4 is 11.1 Å². The molecule has 11 rings (SSSR count). The molecule has 5 N–H and O–H groups in total. The van der Waals surface area contributed by atoms with Crippen molar-refractivity contribution in [2.24, 2.45) is 5.73 Å². The zero-order valence-corrected chi connectivity index (χ0v) is 38.4. The minimum atomic E-state index is -0.563. The van der Waals surface area contributed by atoms with Crippen LogP contribution in [-0.4, -0.2) is 103 Å². The molecule has 354 valence electrons. The normalized spacial score (nSPS) is 14.5. The van der Waals surface area contributed by atoms with E-state index in [0.29, 0.717) is 51.2 Å². The summed E-state index contributed by atoms with van der Waals surface area (Å²) in [5.74, 6) is 0.293. The van der Waals surface area contributed by atoms with Crippen LogP contribution in [0.4, 0.5) is 8.78 Å². The van der Waals surface area contributed by atoms with Gasteiger partial charge in [-0.15, -0.1) is 0 Å². The van der Waals surface area contributed by atoms with E-state index in [1.165, 1.54) is 31.4 Å². The molecular weight excluding hydrogens is 885 g/mol. The number of nitrogens with two attached hydrogens (primary N) is 1. The van der Waals surface area contributed by atoms with Gasteiger partial charge in [0.05, 0.1) is 60.4 Å². The third-order valence-electron chi connectivity index (χ3n) is 12.4. The van der Waals surface area contributed by atoms with Crippen LogP contribution in [0, 0.1) is 11.6 Å². The summed E-state index contributed by atoms with van der Waals surface area (Å²) in [6, 6.07) is 14.1. The SMILES string of the molecule is CC(C)(C)c1noc(C(=O)NCc2ccc(-c3ccnc4nc(-c5cnn(CCN6CCOCC6)c5)[nH]c34)cc2F)n1.NCc1ccc(-c2ccnc3nc(-c4cnn(C5CCC5)c4)[nH]c23)cc1F. The van der Waals surface area contributed by atoms with Crippen LogP contribution in [-0.2, 0) is 29.8 Å². The lowest BCUT2D eigenvalue weighted by Crippen LogP contribution is -2.38. The van der Waals surface area contributed by atoms with E-state index in [-0.39, 0.29) is 30.2 Å². The van der Waals surface area contributed by atoms with Crippen molar-refractivity contribution in [3.05, 3.63) is 120 Å². The second-order valence-corrected chi connectivity index (χ2v) is 18.2. The average Bonchev–Trinajstić information content (AvgIpc) is 4.19. The predicted octanol–water partition coefficient (Wildman–Crippen LogP) is 7.38. The lowest BCUT2D eigenvalue weighted by Gasteiger charge is -2.26. The molecule has 20 heteroatoms. The number of pyridine rings is 2. The quantitative estimate of drug-likeness (QED) is 0.0939. The van der Waals surface area contributed by atoms with E-state index in [4.69, 9.17) is 15.0 Å². The Morgan fingerprint density at radius 3 is 2.00 bits per heavy atom. The molecular formula is C49H51F2N15O3. The number of carbonyl (C=O) groups excluding carboxylic acids is 1. The number of aromatic nitrogens is 12. The molecule has 2 fully saturated rings. The van der Waals surface area contributed by atoms with Gasteiger partial charge in [0.1, 0.15) is 23.3 Å². The molecule has 9 aromatic rings. The highest BCUT2D eigenvalue weighted by Gasteiger charge is 2.25. The van der Waals surface area contributed by atoms with Crippen molar-refractivity contribution in [2.45, 2.75) is 71.1 Å². The molecule has 18 nitrogen and oxygen atoms in total. The Hall–Kier alpha value is -7.55. The number of imidazole rings is 2. The van der Waals surface area contributed by atoms with Gasteiger partial charge in [-0.2, -0.15) is 15.2 Å². The molecule has 0 atom stereocenters. The smallest absolute Gasteiger partial charge is 0.315 e. The zero-order chi connectivity index (χ0) is 47.6. The van der Waals surface area contributed by atoms with Crippen LogP contribution in [0.1, 0.15) is 73.7 Å². The first-order chi connectivity index (χ1) is 33.5. The standard InChI is InChI=1S/C29H32FN9O3.C20H19FN6/c1-29(2,3)28-36-27(42-37-28)26(40)32-15-19-5-4-18(14-22(19)30)21-6-7-31-25-23(21)34-24(35-25)20-16-33-39(17-20)9-8-38-10-12-41-13-11-38;21-17-8-12(4-5-13(17)9-22)16-6-7-23-20-18(16)25-19(26-20)14-10-24-27(11-14)15-2-1-3-15/h4-7,14,16-17H,8-13,15H2,1-3H3,(H,32,40)(H,31,34,35);4-8,10-11,15H,1-3,9,22H2,(H,23,25,26). The topological polar surface area (TPSA) is 225 Å². The Bertz CT molecular complexity index is 3260. The van der Waals surface area contributed by atoms with Gasteiger partial charge < -0.3 is 30.3 Å². The van der Waals surface area contributed by atoms with E-state index in [1.807, 2.05) is 66.9 Å². The lowest BCUT2D eigenvalue weighted by atomic mass is 9.93. The first kappa shape index (κ1) is 45.2. The zero-order valence-electron chi connectivity index (χ0n) is 38.4. The average molecular weight is 936 g/mol. The summed E-state index contributed by atoms with van der Waals surface area (Å²) in [6.45, 7) is 11.0. The molecule has 0 radical (unpaired) electrons. The molecule has 8 heterocycles. The molecule has 2 aromatic carbocycles. The minimum absolute atomic E-state index is 0.0341. The fourth-order valence-electron chi connectivity index (χ4n) is 8.17. The Morgan fingerprint density at radius 1 is 0.797 bits per heavy atom. The van der Waals surface area contributed by atoms with Crippen LogP contribution in [0.25, 0.3) is 67.4 Å². The first-order valence-electron chi connectivity index (χ1n) is 22.9. The number of nitrogens with one attached hydrogen (secondary N) is 3. The summed E-state index contributed by atoms with van der Waals surface area (Å²) in [5, 5.41) is 15.5. The molecule has 1 aliphatic carbocycles. The van der Waals surface area contributed by atoms with Gasteiger partial charge in [-0.3, -0.25) is 19.1 Å². The van der Waals surface area contributed by atoms with Gasteiger partial charge in [0.2, 0.25) is 0 Å². The Labute approximate surface area is 394 Å². The van der Waals surface area contributed by atoms with Gasteiger partial charge in [-0.25, -0.2) is 28.7 Å². The van der Waals surface area contributed by atoms with Crippen LogP contribution in [0.2, 0.25) is 0 Å². The van der Waals surface area contributed by atoms with E-state index in [9.17, 15) is 9.18 Å². The Kier molecular flexibility index (Phi) is 12.6. The molecule has 2 aliphatic rings. The molecule has 7 aromatic heterocycles. The molecule has 69 heavy (non-hydrogen) atoms. The second-order valence-electron chi connectivity index (χ2n) is 18.2. The number of hydrogen-bond acceptors (Lipinski definition) is 13. The van der Waals surface area contributed by atoms with E-state index < -0.39 is 11.7 Å². The molecule has 1 aliphatic heterocycles. The summed E-state index contributed by atoms with van der Waals surface area (Å²) in [6.07, 6.45) is 14.5. The van der Waals surface area contributed by atoms with Gasteiger partial charge in [-0.05, 0) is 54.7 Å². The van der Waals surface area contributed by atoms with Gasteiger partial charge in [0, 0.05) is 85.2 Å². The van der Waals surface area contributed by atoms with Gasteiger partial charge in [0.25, 0.3) is 0 Å². The van der Waals surface area contributed by atoms with Crippen molar-refractivity contribution >= 4 is 28.2 Å². The summed E-state index contributed by atoms with van der Waals surface area (Å²) >= 11 is 0. The van der Waals surface area contributed by atoms with Gasteiger partial charge in [0.15, 0.2) is 17.1 Å². The second kappa shape index (κ2) is 19.2. The van der Waals surface area contributed by atoms with Gasteiger partial charge in [-0.1, -0.05) is 50.2 Å². The van der Waals surface area contributed by atoms with Crippen LogP contribution in [0.5, 0.6) is 0 Å². The maximum absolute atomic E-state index is 15.2. The highest BCUT2D eigenvalue weighted by Crippen LogP contribution is 2.34. The fourth-order valence-corrected chi connectivity index (χ4v) is 8.17. The number of nitrogens with zero attached hydrogens (tertiary/aromatic N) is 11. The van der Waals surface area contributed by atoms with Crippen LogP contribution >= 0.6 is 0 Å². The number of aromatic amines is 2. The minimum Gasteiger partial charge on any atom is -0.379 e. The van der Waals surface area contributed by atoms with Crippen molar-refractivity contribution in [1.29, 1.82) is 0 Å². The maximum Gasteiger partial charge on any atom is 0.315 e. The number of rotatable bonds is 12. The van der Waals surface area contributed by atoms with Crippen molar-refractivity contribution in [2.75, 3.05) is 32.8 Å². The lowest BCUT2D eigenvalue weighted by molar-refractivity contribution is 0.0360. The Morgan fingerprint density at radius 2 is 1.42 bits per heavy atom. The van der Waals surface area contributed by atoms with E-state index in [0.717, 1.165) is 78.6 Å². The summed E-state index contributed by atoms with van der Waals surface area (Å²) in [4.78, 5) is 43.7. The number of benzene rings is 2. The van der Waals surface area contributed by atoms with E-state index >= 15 is 4.39 Å². The number of carbonyl (C=O) groups is 1. The van der Waals surface area contributed by atoms with Crippen molar-refractivity contribution in [1.82, 2.24) is 69.8 Å². The van der Waals surface area contributed by atoms with E-state index in [2.05, 4.69) is 60.5 Å². The van der Waals surface area contributed by atoms with Crippen molar-refractivity contribution < 1.29 is 22.8 Å². The number of fused-ring (bicyclic) bond motifs is 2. The summed E-state index contributed by atoms with van der Waals surface area (Å²) < 4.78 is 43.8. The molecule has 1 saturated carbocycles. The Balaban J connectivity index is 0.000000176. The third kappa shape index (κ3) is 9.76. The summed E-state index contributed by atoms with van der Waals surface area (Å²) in [5.41, 5.74) is 13.4. The molecule has 0 unspecified atom stereocenters. The highest BCUT2D eigenvalue weighted by molar-refractivity contribution is 5.93. The van der Waals surface area contributed by atoms with Crippen molar-refractivity contribution in [3.8, 4) is 45.0 Å². The molecule has 0 spiro atoms.